The number of hydrogen-bond acceptors (Lipinski definition) is 2. The zero-order chi connectivity index (χ0) is 12.0. The van der Waals surface area contributed by atoms with E-state index in [1.54, 1.807) is 0 Å². The lowest BCUT2D eigenvalue weighted by Crippen LogP contribution is -2.19. The molecule has 0 aliphatic rings. The molecule has 1 N–H and O–H groups in total. The molecule has 0 spiro atoms. The van der Waals surface area contributed by atoms with Crippen molar-refractivity contribution in [2.75, 3.05) is 5.32 Å². The number of nitrogens with zero attached hydrogens (tertiary/aromatic N) is 1. The molecule has 0 aromatic carbocycles. The van der Waals surface area contributed by atoms with Crippen molar-refractivity contribution in [3.63, 3.8) is 0 Å². The number of hydrogen-bond donors (Lipinski definition) is 1. The van der Waals surface area contributed by atoms with Crippen LogP contribution in [-0.2, 0) is 0 Å². The second-order valence-corrected chi connectivity index (χ2v) is 4.50. The summed E-state index contributed by atoms with van der Waals surface area (Å²) < 4.78 is 0. The third kappa shape index (κ3) is 3.84. The fourth-order valence-electron chi connectivity index (χ4n) is 2.04. The molecule has 1 aromatic heterocycles. The van der Waals surface area contributed by atoms with Gasteiger partial charge in [-0.25, -0.2) is 0 Å². The largest absolute Gasteiger partial charge is 0.381 e. The average molecular weight is 220 g/mol. The molecule has 16 heavy (non-hydrogen) atoms. The zero-order valence-electron chi connectivity index (χ0n) is 11.0. The van der Waals surface area contributed by atoms with Crippen molar-refractivity contribution in [1.29, 1.82) is 0 Å². The van der Waals surface area contributed by atoms with Crippen LogP contribution in [-0.4, -0.2) is 11.0 Å². The molecule has 0 saturated carbocycles. The van der Waals surface area contributed by atoms with Crippen molar-refractivity contribution in [1.82, 2.24) is 4.98 Å². The van der Waals surface area contributed by atoms with Crippen molar-refractivity contribution < 1.29 is 0 Å². The van der Waals surface area contributed by atoms with Crippen molar-refractivity contribution in [3.05, 3.63) is 23.5 Å². The van der Waals surface area contributed by atoms with Gasteiger partial charge in [0.25, 0.3) is 0 Å². The third-order valence-electron chi connectivity index (χ3n) is 2.86. The van der Waals surface area contributed by atoms with Gasteiger partial charge in [0.1, 0.15) is 0 Å². The zero-order valence-corrected chi connectivity index (χ0v) is 11.0. The van der Waals surface area contributed by atoms with Crippen LogP contribution in [0.2, 0.25) is 0 Å². The van der Waals surface area contributed by atoms with Crippen LogP contribution in [0.25, 0.3) is 0 Å². The Morgan fingerprint density at radius 1 is 1.12 bits per heavy atom. The van der Waals surface area contributed by atoms with Gasteiger partial charge in [-0.1, -0.05) is 26.7 Å². The summed E-state index contributed by atoms with van der Waals surface area (Å²) in [6, 6.07) is 4.82. The lowest BCUT2D eigenvalue weighted by Gasteiger charge is -2.19. The predicted octanol–water partition coefficient (Wildman–Crippen LogP) is 4.08. The molecular weight excluding hydrogens is 196 g/mol. The first-order valence-electron chi connectivity index (χ1n) is 6.38. The van der Waals surface area contributed by atoms with E-state index in [0.717, 1.165) is 11.4 Å². The Morgan fingerprint density at radius 3 is 2.25 bits per heavy atom. The molecule has 0 radical (unpaired) electrons. The smallest absolute Gasteiger partial charge is 0.0606 e. The highest BCUT2D eigenvalue weighted by Crippen LogP contribution is 2.17. The summed E-state index contributed by atoms with van der Waals surface area (Å²) in [7, 11) is 0. The molecule has 0 saturated heterocycles. The molecule has 0 aliphatic heterocycles. The highest BCUT2D eigenvalue weighted by Gasteiger charge is 2.08. The molecule has 1 aromatic rings. The quantitative estimate of drug-likeness (QED) is 0.781. The van der Waals surface area contributed by atoms with E-state index in [9.17, 15) is 0 Å². The minimum absolute atomic E-state index is 0.596. The molecule has 0 bridgehead atoms. The maximum Gasteiger partial charge on any atom is 0.0606 e. The first-order valence-corrected chi connectivity index (χ1v) is 6.38. The van der Waals surface area contributed by atoms with Crippen LogP contribution >= 0.6 is 0 Å². The molecule has 0 amide bonds. The number of aryl methyl sites for hydroxylation is 2. The van der Waals surface area contributed by atoms with Crippen LogP contribution in [0.3, 0.4) is 0 Å². The van der Waals surface area contributed by atoms with Gasteiger partial charge in [-0.05, 0) is 38.8 Å². The number of pyridine rings is 1. The first kappa shape index (κ1) is 13.0. The Morgan fingerprint density at radius 2 is 1.75 bits per heavy atom. The van der Waals surface area contributed by atoms with Gasteiger partial charge in [-0.2, -0.15) is 0 Å². The summed E-state index contributed by atoms with van der Waals surface area (Å²) in [6.45, 7) is 8.59. The Labute approximate surface area is 99.5 Å². The minimum atomic E-state index is 0.596. The molecule has 0 fully saturated rings. The molecule has 2 heteroatoms. The van der Waals surface area contributed by atoms with Crippen LogP contribution in [0.15, 0.2) is 12.1 Å². The molecule has 1 heterocycles. The van der Waals surface area contributed by atoms with Crippen molar-refractivity contribution in [2.45, 2.75) is 59.4 Å². The van der Waals surface area contributed by atoms with Crippen molar-refractivity contribution >= 4 is 5.69 Å². The van der Waals surface area contributed by atoms with Gasteiger partial charge < -0.3 is 5.32 Å². The van der Waals surface area contributed by atoms with E-state index < -0.39 is 0 Å². The number of nitrogens with one attached hydrogen (secondary N) is 1. The molecule has 0 unspecified atom stereocenters. The Bertz CT molecular complexity index is 315. The van der Waals surface area contributed by atoms with Crippen LogP contribution in [0.1, 0.15) is 50.9 Å². The van der Waals surface area contributed by atoms with Gasteiger partial charge in [-0.15, -0.1) is 0 Å². The van der Waals surface area contributed by atoms with Crippen LogP contribution < -0.4 is 5.32 Å². The van der Waals surface area contributed by atoms with E-state index in [1.807, 2.05) is 6.92 Å². The van der Waals surface area contributed by atoms with E-state index >= 15 is 0 Å². The topological polar surface area (TPSA) is 24.9 Å². The summed E-state index contributed by atoms with van der Waals surface area (Å²) in [5, 5.41) is 3.61. The maximum atomic E-state index is 4.48. The van der Waals surface area contributed by atoms with Gasteiger partial charge in [0.15, 0.2) is 0 Å². The molecule has 90 valence electrons. The molecule has 1 rings (SSSR count). The Hall–Kier alpha value is -1.05. The lowest BCUT2D eigenvalue weighted by atomic mass is 10.1. The number of anilines is 1. The highest BCUT2D eigenvalue weighted by atomic mass is 14.9. The lowest BCUT2D eigenvalue weighted by molar-refractivity contribution is 0.585. The van der Waals surface area contributed by atoms with Gasteiger partial charge >= 0.3 is 0 Å². The van der Waals surface area contributed by atoms with E-state index in [2.05, 4.69) is 43.2 Å². The van der Waals surface area contributed by atoms with E-state index in [-0.39, 0.29) is 0 Å². The summed E-state index contributed by atoms with van der Waals surface area (Å²) in [6.07, 6.45) is 4.94. The number of aromatic nitrogens is 1. The summed E-state index contributed by atoms with van der Waals surface area (Å²) in [5.74, 6) is 0. The van der Waals surface area contributed by atoms with Crippen LogP contribution in [0, 0.1) is 13.8 Å². The second-order valence-electron chi connectivity index (χ2n) is 4.50. The SMILES string of the molecule is CCCC(CCC)Nc1ccc(C)nc1C. The van der Waals surface area contributed by atoms with Crippen molar-refractivity contribution in [3.8, 4) is 0 Å². The maximum absolute atomic E-state index is 4.48. The highest BCUT2D eigenvalue weighted by molar-refractivity contribution is 5.48. The van der Waals surface area contributed by atoms with E-state index in [4.69, 9.17) is 0 Å². The summed E-state index contributed by atoms with van der Waals surface area (Å²) in [4.78, 5) is 4.48. The molecule has 2 nitrogen and oxygen atoms in total. The van der Waals surface area contributed by atoms with Gasteiger partial charge in [0, 0.05) is 11.7 Å². The van der Waals surface area contributed by atoms with E-state index in [1.165, 1.54) is 31.4 Å². The van der Waals surface area contributed by atoms with Crippen molar-refractivity contribution in [2.24, 2.45) is 0 Å². The third-order valence-corrected chi connectivity index (χ3v) is 2.86. The first-order chi connectivity index (χ1) is 7.67. The van der Waals surface area contributed by atoms with Gasteiger partial charge in [0.2, 0.25) is 0 Å². The van der Waals surface area contributed by atoms with Crippen LogP contribution in [0.4, 0.5) is 5.69 Å². The fourth-order valence-corrected chi connectivity index (χ4v) is 2.04. The van der Waals surface area contributed by atoms with Gasteiger partial charge in [0.05, 0.1) is 11.4 Å². The normalized spacial score (nSPS) is 10.8. The average Bonchev–Trinajstić information content (AvgIpc) is 2.23. The molecular formula is C14H24N2. The monoisotopic (exact) mass is 220 g/mol. The number of rotatable bonds is 6. The summed E-state index contributed by atoms with van der Waals surface area (Å²) in [5.41, 5.74) is 3.39. The Balaban J connectivity index is 2.68. The Kier molecular flexibility index (Phi) is 5.30. The summed E-state index contributed by atoms with van der Waals surface area (Å²) >= 11 is 0. The fraction of sp³-hybridized carbons (Fsp3) is 0.643. The standard InChI is InChI=1S/C14H24N2/c1-5-7-13(8-6-2)16-14-10-9-11(3)15-12(14)4/h9-10,13,16H,5-8H2,1-4H3. The van der Waals surface area contributed by atoms with E-state index in [0.29, 0.717) is 6.04 Å². The minimum Gasteiger partial charge on any atom is -0.381 e. The predicted molar refractivity (Wildman–Crippen MR) is 70.9 cm³/mol. The molecule has 0 aliphatic carbocycles. The van der Waals surface area contributed by atoms with Gasteiger partial charge in [-0.3, -0.25) is 4.98 Å². The molecule has 0 atom stereocenters. The van der Waals surface area contributed by atoms with Crippen LogP contribution in [0.5, 0.6) is 0 Å². The second kappa shape index (κ2) is 6.51.